The van der Waals surface area contributed by atoms with E-state index < -0.39 is 0 Å². The van der Waals surface area contributed by atoms with Crippen LogP contribution in [0.1, 0.15) is 47.5 Å². The molecule has 2 atom stereocenters. The molecule has 1 aliphatic rings. The van der Waals surface area contributed by atoms with Crippen molar-refractivity contribution >= 4 is 0 Å². The minimum Gasteiger partial charge on any atom is -0.381 e. The topological polar surface area (TPSA) is 24.5 Å². The molecule has 0 amide bonds. The fourth-order valence-electron chi connectivity index (χ4n) is 2.81. The fraction of sp³-hybridized carbons (Fsp3) is 1.00. The van der Waals surface area contributed by atoms with Gasteiger partial charge in [0.15, 0.2) is 0 Å². The van der Waals surface area contributed by atoms with Gasteiger partial charge in [0, 0.05) is 31.3 Å². The number of ether oxygens (including phenoxy) is 1. The van der Waals surface area contributed by atoms with Gasteiger partial charge in [0.2, 0.25) is 0 Å². The van der Waals surface area contributed by atoms with Crippen LogP contribution in [0.2, 0.25) is 0 Å². The van der Waals surface area contributed by atoms with E-state index in [1.165, 1.54) is 12.8 Å². The molecule has 0 aliphatic carbocycles. The monoisotopic (exact) mass is 270 g/mol. The van der Waals surface area contributed by atoms with Crippen molar-refractivity contribution < 1.29 is 4.74 Å². The molecule has 1 rings (SSSR count). The molecular weight excluding hydrogens is 236 g/mol. The highest BCUT2D eigenvalue weighted by Crippen LogP contribution is 2.18. The van der Waals surface area contributed by atoms with Gasteiger partial charge in [-0.25, -0.2) is 0 Å². The summed E-state index contributed by atoms with van der Waals surface area (Å²) >= 11 is 0. The number of rotatable bonds is 6. The summed E-state index contributed by atoms with van der Waals surface area (Å²) in [6.45, 7) is 15.5. The first kappa shape index (κ1) is 16.9. The Balaban J connectivity index is 2.44. The second kappa shape index (κ2) is 7.61. The second-order valence-corrected chi connectivity index (χ2v) is 7.47. The largest absolute Gasteiger partial charge is 0.381 e. The molecule has 0 bridgehead atoms. The number of hydrogen-bond acceptors (Lipinski definition) is 3. The molecule has 0 aromatic rings. The summed E-state index contributed by atoms with van der Waals surface area (Å²) in [4.78, 5) is 2.53. The third-order valence-electron chi connectivity index (χ3n) is 3.98. The molecule has 0 aromatic carbocycles. The number of hydrogen-bond donors (Lipinski definition) is 1. The zero-order chi connectivity index (χ0) is 14.5. The van der Waals surface area contributed by atoms with E-state index >= 15 is 0 Å². The van der Waals surface area contributed by atoms with Crippen LogP contribution >= 0.6 is 0 Å². The molecule has 1 saturated heterocycles. The number of likely N-dealkylation sites (N-methyl/N-ethyl adjacent to an activating group) is 1. The Morgan fingerprint density at radius 3 is 2.47 bits per heavy atom. The Bertz CT molecular complexity index is 242. The summed E-state index contributed by atoms with van der Waals surface area (Å²) in [6.07, 6.45) is 2.55. The van der Waals surface area contributed by atoms with E-state index in [0.29, 0.717) is 12.0 Å². The highest BCUT2D eigenvalue weighted by atomic mass is 16.5. The molecule has 1 aliphatic heterocycles. The van der Waals surface area contributed by atoms with Crippen LogP contribution in [0.25, 0.3) is 0 Å². The molecule has 1 fully saturated rings. The predicted octanol–water partition coefficient (Wildman–Crippen LogP) is 2.76. The number of nitrogens with zero attached hydrogens (tertiary/aromatic N) is 1. The van der Waals surface area contributed by atoms with Gasteiger partial charge < -0.3 is 15.0 Å². The SMILES string of the molecule is CC(C)C(CNC(C)(C)C)N(C)CC1CCCOC1. The maximum absolute atomic E-state index is 5.60. The first-order chi connectivity index (χ1) is 8.79. The van der Waals surface area contributed by atoms with Gasteiger partial charge in [0.05, 0.1) is 6.61 Å². The smallest absolute Gasteiger partial charge is 0.0506 e. The van der Waals surface area contributed by atoms with Crippen molar-refractivity contribution in [3.8, 4) is 0 Å². The standard InChI is InChI=1S/C16H34N2O/c1-13(2)15(10-17-16(3,4)5)18(6)11-14-8-7-9-19-12-14/h13-15,17H,7-12H2,1-6H3. The third-order valence-corrected chi connectivity index (χ3v) is 3.98. The molecule has 0 saturated carbocycles. The van der Waals surface area contributed by atoms with Gasteiger partial charge in [-0.05, 0) is 52.5 Å². The van der Waals surface area contributed by atoms with Crippen LogP contribution in [0.4, 0.5) is 0 Å². The molecule has 3 nitrogen and oxygen atoms in total. The minimum atomic E-state index is 0.196. The summed E-state index contributed by atoms with van der Waals surface area (Å²) in [5.41, 5.74) is 0.196. The second-order valence-electron chi connectivity index (χ2n) is 7.47. The van der Waals surface area contributed by atoms with Crippen LogP contribution in [0, 0.1) is 11.8 Å². The quantitative estimate of drug-likeness (QED) is 0.803. The summed E-state index contributed by atoms with van der Waals surface area (Å²) in [7, 11) is 2.27. The van der Waals surface area contributed by atoms with Crippen LogP contribution in [-0.4, -0.2) is 49.8 Å². The Kier molecular flexibility index (Phi) is 6.78. The highest BCUT2D eigenvalue weighted by molar-refractivity contribution is 4.81. The molecular formula is C16H34N2O. The summed E-state index contributed by atoms with van der Waals surface area (Å²) in [5.74, 6) is 1.39. The van der Waals surface area contributed by atoms with Crippen LogP contribution in [0.15, 0.2) is 0 Å². The molecule has 3 heteroatoms. The van der Waals surface area contributed by atoms with E-state index in [1.807, 2.05) is 0 Å². The molecule has 1 N–H and O–H groups in total. The lowest BCUT2D eigenvalue weighted by atomic mass is 9.97. The lowest BCUT2D eigenvalue weighted by Crippen LogP contribution is -2.50. The average Bonchev–Trinajstić information content (AvgIpc) is 2.28. The first-order valence-electron chi connectivity index (χ1n) is 7.82. The minimum absolute atomic E-state index is 0.196. The predicted molar refractivity (Wildman–Crippen MR) is 82.6 cm³/mol. The van der Waals surface area contributed by atoms with Gasteiger partial charge in [-0.1, -0.05) is 13.8 Å². The van der Waals surface area contributed by atoms with Gasteiger partial charge in [-0.2, -0.15) is 0 Å². The van der Waals surface area contributed by atoms with Crippen molar-refractivity contribution in [3.05, 3.63) is 0 Å². The van der Waals surface area contributed by atoms with E-state index in [4.69, 9.17) is 4.74 Å². The van der Waals surface area contributed by atoms with Crippen molar-refractivity contribution in [1.29, 1.82) is 0 Å². The van der Waals surface area contributed by atoms with Gasteiger partial charge in [0.1, 0.15) is 0 Å². The van der Waals surface area contributed by atoms with Crippen molar-refractivity contribution in [3.63, 3.8) is 0 Å². The van der Waals surface area contributed by atoms with Crippen molar-refractivity contribution in [2.45, 2.75) is 59.0 Å². The third kappa shape index (κ3) is 6.73. The van der Waals surface area contributed by atoms with E-state index in [0.717, 1.165) is 32.2 Å². The van der Waals surface area contributed by atoms with Crippen LogP contribution in [-0.2, 0) is 4.74 Å². The van der Waals surface area contributed by atoms with Gasteiger partial charge >= 0.3 is 0 Å². The Labute approximate surface area is 120 Å². The van der Waals surface area contributed by atoms with Crippen molar-refractivity contribution in [2.24, 2.45) is 11.8 Å². The van der Waals surface area contributed by atoms with Gasteiger partial charge in [-0.15, -0.1) is 0 Å². The molecule has 2 unspecified atom stereocenters. The highest BCUT2D eigenvalue weighted by Gasteiger charge is 2.24. The summed E-state index contributed by atoms with van der Waals surface area (Å²) in [5, 5.41) is 3.65. The Morgan fingerprint density at radius 1 is 1.32 bits per heavy atom. The Morgan fingerprint density at radius 2 is 2.00 bits per heavy atom. The lowest BCUT2D eigenvalue weighted by molar-refractivity contribution is 0.0318. The molecule has 0 radical (unpaired) electrons. The van der Waals surface area contributed by atoms with Gasteiger partial charge in [-0.3, -0.25) is 0 Å². The van der Waals surface area contributed by atoms with E-state index in [9.17, 15) is 0 Å². The van der Waals surface area contributed by atoms with Crippen molar-refractivity contribution in [1.82, 2.24) is 10.2 Å². The Hall–Kier alpha value is -0.120. The average molecular weight is 270 g/mol. The fourth-order valence-corrected chi connectivity index (χ4v) is 2.81. The molecule has 1 heterocycles. The van der Waals surface area contributed by atoms with Crippen LogP contribution < -0.4 is 5.32 Å². The van der Waals surface area contributed by atoms with Gasteiger partial charge in [0.25, 0.3) is 0 Å². The zero-order valence-corrected chi connectivity index (χ0v) is 13.8. The lowest BCUT2D eigenvalue weighted by Gasteiger charge is -2.36. The normalized spacial score (nSPS) is 23.1. The van der Waals surface area contributed by atoms with E-state index in [2.05, 4.69) is 51.9 Å². The molecule has 0 spiro atoms. The maximum Gasteiger partial charge on any atom is 0.0506 e. The first-order valence-corrected chi connectivity index (χ1v) is 7.82. The maximum atomic E-state index is 5.60. The molecule has 114 valence electrons. The molecule has 19 heavy (non-hydrogen) atoms. The zero-order valence-electron chi connectivity index (χ0n) is 13.8. The van der Waals surface area contributed by atoms with E-state index in [-0.39, 0.29) is 5.54 Å². The van der Waals surface area contributed by atoms with Crippen molar-refractivity contribution in [2.75, 3.05) is 33.4 Å². The van der Waals surface area contributed by atoms with E-state index in [1.54, 1.807) is 0 Å². The molecule has 0 aromatic heterocycles. The number of nitrogens with one attached hydrogen (secondary N) is 1. The summed E-state index contributed by atoms with van der Waals surface area (Å²) < 4.78 is 5.60. The summed E-state index contributed by atoms with van der Waals surface area (Å²) in [6, 6.07) is 0.598. The van der Waals surface area contributed by atoms with Crippen LogP contribution in [0.3, 0.4) is 0 Å². The van der Waals surface area contributed by atoms with Crippen LogP contribution in [0.5, 0.6) is 0 Å².